The van der Waals surface area contributed by atoms with Crippen molar-refractivity contribution in [1.82, 2.24) is 4.31 Å². The summed E-state index contributed by atoms with van der Waals surface area (Å²) in [4.78, 5) is 11.4. The number of benzene rings is 1. The van der Waals surface area contributed by atoms with Crippen molar-refractivity contribution >= 4 is 15.9 Å². The summed E-state index contributed by atoms with van der Waals surface area (Å²) in [5.74, 6) is -0.630. The van der Waals surface area contributed by atoms with Crippen molar-refractivity contribution < 1.29 is 17.9 Å². The molecular formula is C13H18N2O4S. The van der Waals surface area contributed by atoms with Gasteiger partial charge in [0.05, 0.1) is 17.6 Å². The van der Waals surface area contributed by atoms with Gasteiger partial charge in [0.1, 0.15) is 0 Å². The van der Waals surface area contributed by atoms with Crippen molar-refractivity contribution in [2.24, 2.45) is 5.73 Å². The summed E-state index contributed by atoms with van der Waals surface area (Å²) in [7, 11) is -3.62. The van der Waals surface area contributed by atoms with Crippen LogP contribution >= 0.6 is 0 Å². The summed E-state index contributed by atoms with van der Waals surface area (Å²) in [6.45, 7) is 4.53. The van der Waals surface area contributed by atoms with Crippen LogP contribution in [0, 0.1) is 6.92 Å². The van der Waals surface area contributed by atoms with E-state index in [-0.39, 0.29) is 16.6 Å². The molecule has 0 aromatic heterocycles. The number of hydrogen-bond donors (Lipinski definition) is 1. The second kappa shape index (κ2) is 5.51. The molecule has 1 atom stereocenters. The SMILES string of the molecule is Cc1ccc(S(=O)(=O)N2CCO[C@@H](C)C2)cc1C(N)=O. The number of carbonyl (C=O) groups excluding carboxylic acids is 1. The van der Waals surface area contributed by atoms with Crippen LogP contribution in [0.1, 0.15) is 22.8 Å². The van der Waals surface area contributed by atoms with Crippen molar-refractivity contribution in [3.8, 4) is 0 Å². The molecule has 1 amide bonds. The molecule has 0 aliphatic carbocycles. The Morgan fingerprint density at radius 3 is 2.75 bits per heavy atom. The van der Waals surface area contributed by atoms with Crippen LogP contribution in [0.4, 0.5) is 0 Å². The molecule has 1 saturated heterocycles. The summed E-state index contributed by atoms with van der Waals surface area (Å²) in [5, 5.41) is 0. The number of hydrogen-bond acceptors (Lipinski definition) is 4. The molecule has 2 N–H and O–H groups in total. The molecule has 2 rings (SSSR count). The van der Waals surface area contributed by atoms with Crippen LogP contribution in [0.5, 0.6) is 0 Å². The number of carbonyl (C=O) groups is 1. The van der Waals surface area contributed by atoms with Gasteiger partial charge in [-0.25, -0.2) is 8.42 Å². The Kier molecular flexibility index (Phi) is 4.12. The van der Waals surface area contributed by atoms with E-state index in [1.807, 2.05) is 6.92 Å². The first-order valence-corrected chi connectivity index (χ1v) is 7.78. The van der Waals surface area contributed by atoms with Crippen LogP contribution in [0.2, 0.25) is 0 Å². The predicted molar refractivity (Wildman–Crippen MR) is 73.9 cm³/mol. The number of morpholine rings is 1. The second-order valence-electron chi connectivity index (χ2n) is 4.89. The third kappa shape index (κ3) is 2.84. The van der Waals surface area contributed by atoms with Gasteiger partial charge in [-0.1, -0.05) is 6.07 Å². The van der Waals surface area contributed by atoms with Crippen LogP contribution in [0.25, 0.3) is 0 Å². The van der Waals surface area contributed by atoms with E-state index in [1.165, 1.54) is 16.4 Å². The molecule has 1 aliphatic heterocycles. The molecule has 1 fully saturated rings. The molecule has 0 saturated carbocycles. The Morgan fingerprint density at radius 1 is 1.45 bits per heavy atom. The van der Waals surface area contributed by atoms with Crippen LogP contribution in [0.3, 0.4) is 0 Å². The highest BCUT2D eigenvalue weighted by molar-refractivity contribution is 7.89. The molecule has 0 bridgehead atoms. The number of nitrogens with zero attached hydrogens (tertiary/aromatic N) is 1. The summed E-state index contributed by atoms with van der Waals surface area (Å²) < 4.78 is 31.8. The molecule has 0 radical (unpaired) electrons. The molecule has 7 heteroatoms. The van der Waals surface area contributed by atoms with Gasteiger partial charge in [-0.2, -0.15) is 4.31 Å². The average molecular weight is 298 g/mol. The van der Waals surface area contributed by atoms with E-state index in [0.717, 1.165) is 0 Å². The normalized spacial score (nSPS) is 20.8. The number of nitrogens with two attached hydrogens (primary N) is 1. The molecule has 1 heterocycles. The van der Waals surface area contributed by atoms with Crippen molar-refractivity contribution in [3.63, 3.8) is 0 Å². The lowest BCUT2D eigenvalue weighted by molar-refractivity contribution is 0.0102. The van der Waals surface area contributed by atoms with E-state index in [4.69, 9.17) is 10.5 Å². The molecular weight excluding hydrogens is 280 g/mol. The quantitative estimate of drug-likeness (QED) is 0.880. The fourth-order valence-electron chi connectivity index (χ4n) is 2.18. The molecule has 1 aromatic rings. The van der Waals surface area contributed by atoms with Crippen molar-refractivity contribution in [2.75, 3.05) is 19.7 Å². The maximum atomic E-state index is 12.5. The number of aryl methyl sites for hydroxylation is 1. The first-order chi connectivity index (χ1) is 9.32. The molecule has 1 aliphatic rings. The number of ether oxygens (including phenoxy) is 1. The fraction of sp³-hybridized carbons (Fsp3) is 0.462. The summed E-state index contributed by atoms with van der Waals surface area (Å²) in [6, 6.07) is 4.43. The Bertz CT molecular complexity index is 627. The number of rotatable bonds is 3. The largest absolute Gasteiger partial charge is 0.376 e. The average Bonchev–Trinajstić information content (AvgIpc) is 2.38. The monoisotopic (exact) mass is 298 g/mol. The minimum atomic E-state index is -3.62. The lowest BCUT2D eigenvalue weighted by Crippen LogP contribution is -2.44. The van der Waals surface area contributed by atoms with Gasteiger partial charge in [0.2, 0.25) is 15.9 Å². The third-order valence-electron chi connectivity index (χ3n) is 3.32. The summed E-state index contributed by atoms with van der Waals surface area (Å²) in [5.41, 5.74) is 6.15. The first kappa shape index (κ1) is 15.0. The Balaban J connectivity index is 2.39. The highest BCUT2D eigenvalue weighted by Gasteiger charge is 2.29. The minimum Gasteiger partial charge on any atom is -0.376 e. The Morgan fingerprint density at radius 2 is 2.15 bits per heavy atom. The number of primary amides is 1. The van der Waals surface area contributed by atoms with E-state index < -0.39 is 15.9 Å². The zero-order valence-electron chi connectivity index (χ0n) is 11.5. The molecule has 6 nitrogen and oxygen atoms in total. The zero-order valence-corrected chi connectivity index (χ0v) is 12.3. The van der Waals surface area contributed by atoms with Gasteiger partial charge >= 0.3 is 0 Å². The van der Waals surface area contributed by atoms with Crippen LogP contribution in [-0.2, 0) is 14.8 Å². The van der Waals surface area contributed by atoms with Crippen molar-refractivity contribution in [1.29, 1.82) is 0 Å². The topological polar surface area (TPSA) is 89.7 Å². The van der Waals surface area contributed by atoms with Gasteiger partial charge in [-0.05, 0) is 31.5 Å². The van der Waals surface area contributed by atoms with E-state index >= 15 is 0 Å². The van der Waals surface area contributed by atoms with E-state index in [2.05, 4.69) is 0 Å². The second-order valence-corrected chi connectivity index (χ2v) is 6.82. The van der Waals surface area contributed by atoms with Crippen LogP contribution in [0.15, 0.2) is 23.1 Å². The smallest absolute Gasteiger partial charge is 0.249 e. The number of sulfonamides is 1. The first-order valence-electron chi connectivity index (χ1n) is 6.34. The van der Waals surface area contributed by atoms with Crippen LogP contribution in [-0.4, -0.2) is 44.4 Å². The summed E-state index contributed by atoms with van der Waals surface area (Å²) >= 11 is 0. The van der Waals surface area contributed by atoms with Crippen molar-refractivity contribution in [3.05, 3.63) is 29.3 Å². The van der Waals surface area contributed by atoms with E-state index in [9.17, 15) is 13.2 Å². The van der Waals surface area contributed by atoms with Gasteiger partial charge < -0.3 is 10.5 Å². The molecule has 0 spiro atoms. The Labute approximate surface area is 118 Å². The standard InChI is InChI=1S/C13H18N2O4S/c1-9-3-4-11(7-12(9)13(14)16)20(17,18)15-5-6-19-10(2)8-15/h3-4,7,10H,5-6,8H2,1-2H3,(H2,14,16)/t10-/m0/s1. The van der Waals surface area contributed by atoms with Crippen molar-refractivity contribution in [2.45, 2.75) is 24.8 Å². The minimum absolute atomic E-state index is 0.0889. The highest BCUT2D eigenvalue weighted by atomic mass is 32.2. The highest BCUT2D eigenvalue weighted by Crippen LogP contribution is 2.21. The molecule has 110 valence electrons. The maximum absolute atomic E-state index is 12.5. The fourth-order valence-corrected chi connectivity index (χ4v) is 3.71. The van der Waals surface area contributed by atoms with Gasteiger partial charge in [0.25, 0.3) is 0 Å². The maximum Gasteiger partial charge on any atom is 0.249 e. The lowest BCUT2D eigenvalue weighted by atomic mass is 10.1. The molecule has 20 heavy (non-hydrogen) atoms. The summed E-state index contributed by atoms with van der Waals surface area (Å²) in [6.07, 6.45) is -0.139. The van der Waals surface area contributed by atoms with Gasteiger partial charge in [-0.3, -0.25) is 4.79 Å². The number of amides is 1. The van der Waals surface area contributed by atoms with Crippen LogP contribution < -0.4 is 5.73 Å². The van der Waals surface area contributed by atoms with E-state index in [1.54, 1.807) is 13.0 Å². The molecule has 1 aromatic carbocycles. The third-order valence-corrected chi connectivity index (χ3v) is 5.18. The zero-order chi connectivity index (χ0) is 14.9. The van der Waals surface area contributed by atoms with Gasteiger partial charge in [0, 0.05) is 18.7 Å². The Hall–Kier alpha value is -1.44. The lowest BCUT2D eigenvalue weighted by Gasteiger charge is -2.30. The van der Waals surface area contributed by atoms with E-state index in [0.29, 0.717) is 25.3 Å². The van der Waals surface area contributed by atoms with Gasteiger partial charge in [-0.15, -0.1) is 0 Å². The molecule has 0 unspecified atom stereocenters. The predicted octanol–water partition coefficient (Wildman–Crippen LogP) is 0.503. The van der Waals surface area contributed by atoms with Gasteiger partial charge in [0.15, 0.2) is 0 Å².